The van der Waals surface area contributed by atoms with Crippen LogP contribution in [0.4, 0.5) is 0 Å². The molecule has 220 valence electrons. The molecule has 14 nitrogen and oxygen atoms in total. The average Bonchev–Trinajstić information content (AvgIpc) is 2.99. The first-order valence-corrected chi connectivity index (χ1v) is 11.0. The first-order valence-electron chi connectivity index (χ1n) is 11.0. The molecule has 2 heterocycles. The standard InChI is InChI=1S/2C8H6O3.2C6H6N2O.2H2O.Zn/c2*9-5-6-1-3-7(4-2-6)8(10)11;2*7-6(9)5-2-1-3-8-4-5;;;/h2*1-5H,(H,10,11);2*1-4H,(H2,7,9);2*1H2;/q;;;;;;+2. The molecule has 15 heteroatoms. The molecule has 0 aliphatic carbocycles. The number of nitrogens with zero attached hydrogens (tertiary/aromatic N) is 2. The Hall–Kier alpha value is -5.50. The summed E-state index contributed by atoms with van der Waals surface area (Å²) in [4.78, 5) is 68.8. The van der Waals surface area contributed by atoms with Crippen LogP contribution in [0.1, 0.15) is 62.1 Å². The summed E-state index contributed by atoms with van der Waals surface area (Å²) < 4.78 is 0. The Morgan fingerprint density at radius 3 is 1.02 bits per heavy atom. The maximum atomic E-state index is 10.4. The van der Waals surface area contributed by atoms with Gasteiger partial charge < -0.3 is 42.2 Å². The van der Waals surface area contributed by atoms with Crippen LogP contribution in [0.3, 0.4) is 0 Å². The summed E-state index contributed by atoms with van der Waals surface area (Å²) >= 11 is 0. The van der Waals surface area contributed by atoms with Gasteiger partial charge in [0.15, 0.2) is 0 Å². The number of carbonyl (C=O) groups is 6. The molecule has 2 amide bonds. The van der Waals surface area contributed by atoms with Crippen LogP contribution in [0.2, 0.25) is 0 Å². The maximum Gasteiger partial charge on any atom is 2.00 e. The van der Waals surface area contributed by atoms with Crippen molar-refractivity contribution in [1.29, 1.82) is 0 Å². The molecule has 0 bridgehead atoms. The molecular formula is C28H28N4O10Zn+2. The van der Waals surface area contributed by atoms with Crippen molar-refractivity contribution in [1.82, 2.24) is 9.97 Å². The zero-order valence-electron chi connectivity index (χ0n) is 22.6. The molecule has 2 aromatic carbocycles. The van der Waals surface area contributed by atoms with Gasteiger partial charge in [0.05, 0.1) is 23.1 Å². The monoisotopic (exact) mass is 644 g/mol. The topological polar surface area (TPSA) is 292 Å². The molecule has 0 saturated heterocycles. The number of carboxylic acid groups (broad SMARTS) is 2. The fraction of sp³-hybridized carbons (Fsp3) is 0. The number of aromatic carboxylic acids is 2. The smallest absolute Gasteiger partial charge is 0.545 e. The van der Waals surface area contributed by atoms with Crippen molar-refractivity contribution in [3.05, 3.63) is 131 Å². The molecule has 0 radical (unpaired) electrons. The molecule has 2 aromatic heterocycles. The third kappa shape index (κ3) is 17.0. The Labute approximate surface area is 257 Å². The fourth-order valence-electron chi connectivity index (χ4n) is 2.41. The molecule has 0 saturated carbocycles. The number of amides is 2. The molecule has 0 spiro atoms. The van der Waals surface area contributed by atoms with Gasteiger partial charge in [-0.05, 0) is 35.4 Å². The van der Waals surface area contributed by atoms with Gasteiger partial charge in [-0.2, -0.15) is 0 Å². The second-order valence-electron chi connectivity index (χ2n) is 7.27. The summed E-state index contributed by atoms with van der Waals surface area (Å²) in [5.74, 6) is -3.35. The number of hydrogen-bond acceptors (Lipinski definition) is 10. The van der Waals surface area contributed by atoms with Crippen molar-refractivity contribution < 1.29 is 69.4 Å². The molecule has 4 aromatic rings. The summed E-state index contributed by atoms with van der Waals surface area (Å²) in [6, 6.07) is 17.6. The third-order valence-electron chi connectivity index (χ3n) is 4.46. The van der Waals surface area contributed by atoms with Gasteiger partial charge in [0.2, 0.25) is 11.8 Å². The van der Waals surface area contributed by atoms with Crippen LogP contribution >= 0.6 is 0 Å². The van der Waals surface area contributed by atoms with Crippen LogP contribution in [0.25, 0.3) is 0 Å². The second kappa shape index (κ2) is 23.2. The van der Waals surface area contributed by atoms with E-state index in [4.69, 9.17) is 11.5 Å². The SMILES string of the molecule is NC(=O)c1cccnc1.NC(=O)c1cccnc1.O=Cc1ccc(C(=O)[O-])cc1.O=Cc1ccc(C(=O)[O-])cc1.[OH3+].[OH3+].[Zn+2]. The number of primary amides is 2. The zero-order valence-corrected chi connectivity index (χ0v) is 25.5. The predicted molar refractivity (Wildman–Crippen MR) is 148 cm³/mol. The van der Waals surface area contributed by atoms with E-state index in [0.29, 0.717) is 34.8 Å². The normalized spacial score (nSPS) is 8.37. The third-order valence-corrected chi connectivity index (χ3v) is 4.46. The van der Waals surface area contributed by atoms with E-state index in [1.54, 1.807) is 36.7 Å². The number of carbonyl (C=O) groups excluding carboxylic acids is 6. The van der Waals surface area contributed by atoms with Crippen molar-refractivity contribution in [2.75, 3.05) is 0 Å². The van der Waals surface area contributed by atoms with Gasteiger partial charge in [0, 0.05) is 35.9 Å². The first-order chi connectivity index (χ1) is 19.1. The minimum Gasteiger partial charge on any atom is -0.545 e. The van der Waals surface area contributed by atoms with Gasteiger partial charge in [0.1, 0.15) is 12.6 Å². The van der Waals surface area contributed by atoms with Gasteiger partial charge >= 0.3 is 19.5 Å². The minimum atomic E-state index is -1.23. The summed E-state index contributed by atoms with van der Waals surface area (Å²) in [6.45, 7) is 0. The quantitative estimate of drug-likeness (QED) is 0.135. The largest absolute Gasteiger partial charge is 2.00 e. The molecule has 0 aliphatic rings. The number of nitrogens with two attached hydrogens (primary N) is 2. The minimum absolute atomic E-state index is 0. The van der Waals surface area contributed by atoms with Gasteiger partial charge in [-0.25, -0.2) is 0 Å². The van der Waals surface area contributed by atoms with E-state index in [1.807, 2.05) is 0 Å². The predicted octanol–water partition coefficient (Wildman–Crippen LogP) is -1.76. The van der Waals surface area contributed by atoms with Gasteiger partial charge in [-0.1, -0.05) is 48.5 Å². The van der Waals surface area contributed by atoms with Crippen LogP contribution in [-0.4, -0.2) is 46.3 Å². The van der Waals surface area contributed by atoms with Gasteiger partial charge in [0.25, 0.3) is 0 Å². The van der Waals surface area contributed by atoms with E-state index in [2.05, 4.69) is 9.97 Å². The number of rotatable bonds is 6. The molecule has 10 N–H and O–H groups in total. The zero-order chi connectivity index (χ0) is 29.9. The molecule has 0 aliphatic heterocycles. The Morgan fingerprint density at radius 1 is 0.558 bits per heavy atom. The number of carboxylic acids is 2. The number of aromatic nitrogens is 2. The van der Waals surface area contributed by atoms with E-state index >= 15 is 0 Å². The first kappa shape index (κ1) is 42.0. The Balaban J connectivity index is -0.000000487. The summed E-state index contributed by atoms with van der Waals surface area (Å²) in [5, 5.41) is 20.4. The average molecular weight is 646 g/mol. The Bertz CT molecular complexity index is 1310. The Morgan fingerprint density at radius 2 is 0.860 bits per heavy atom. The van der Waals surface area contributed by atoms with E-state index in [-0.39, 0.29) is 41.6 Å². The van der Waals surface area contributed by atoms with E-state index in [1.165, 1.54) is 60.9 Å². The van der Waals surface area contributed by atoms with E-state index in [0.717, 1.165) is 0 Å². The second-order valence-corrected chi connectivity index (χ2v) is 7.27. The van der Waals surface area contributed by atoms with Crippen molar-refractivity contribution >= 4 is 36.3 Å². The molecule has 0 fully saturated rings. The number of hydrogen-bond donors (Lipinski definition) is 2. The van der Waals surface area contributed by atoms with Crippen molar-refractivity contribution in [2.24, 2.45) is 11.5 Å². The molecule has 0 atom stereocenters. The van der Waals surface area contributed by atoms with Crippen LogP contribution in [0, 0.1) is 0 Å². The van der Waals surface area contributed by atoms with Gasteiger partial charge in [-0.15, -0.1) is 0 Å². The van der Waals surface area contributed by atoms with Crippen molar-refractivity contribution in [2.45, 2.75) is 0 Å². The number of aldehydes is 2. The van der Waals surface area contributed by atoms with Crippen LogP contribution in [0.15, 0.2) is 97.6 Å². The van der Waals surface area contributed by atoms with E-state index < -0.39 is 23.8 Å². The van der Waals surface area contributed by atoms with Crippen molar-refractivity contribution in [3.8, 4) is 0 Å². The van der Waals surface area contributed by atoms with Crippen LogP contribution in [-0.2, 0) is 30.4 Å². The molecular weight excluding hydrogens is 618 g/mol. The van der Waals surface area contributed by atoms with Crippen LogP contribution < -0.4 is 21.7 Å². The van der Waals surface area contributed by atoms with Crippen molar-refractivity contribution in [3.63, 3.8) is 0 Å². The fourth-order valence-corrected chi connectivity index (χ4v) is 2.41. The summed E-state index contributed by atoms with van der Waals surface area (Å²) in [5.41, 5.74) is 11.8. The summed E-state index contributed by atoms with van der Waals surface area (Å²) in [6.07, 6.45) is 7.35. The van der Waals surface area contributed by atoms with E-state index in [9.17, 15) is 39.0 Å². The number of benzene rings is 2. The van der Waals surface area contributed by atoms with Crippen LogP contribution in [0.5, 0.6) is 0 Å². The maximum absolute atomic E-state index is 10.4. The molecule has 43 heavy (non-hydrogen) atoms. The molecule has 0 unspecified atom stereocenters. The summed E-state index contributed by atoms with van der Waals surface area (Å²) in [7, 11) is 0. The number of pyridine rings is 2. The Kier molecular flexibility index (Phi) is 22.7. The van der Waals surface area contributed by atoms with Gasteiger partial charge in [-0.3, -0.25) is 29.1 Å². The molecule has 4 rings (SSSR count).